The number of anilines is 1. The van der Waals surface area contributed by atoms with Crippen LogP contribution in [0.5, 0.6) is 0 Å². The fourth-order valence-electron chi connectivity index (χ4n) is 1.62. The summed E-state index contributed by atoms with van der Waals surface area (Å²) < 4.78 is 0. The highest BCUT2D eigenvalue weighted by atomic mass is 32.2. The van der Waals surface area contributed by atoms with Gasteiger partial charge in [0.15, 0.2) is 5.57 Å². The number of carboxylic acids is 1. The molecule has 0 radical (unpaired) electrons. The van der Waals surface area contributed by atoms with Gasteiger partial charge < -0.3 is 10.0 Å². The summed E-state index contributed by atoms with van der Waals surface area (Å²) in [6, 6.07) is 8.39. The summed E-state index contributed by atoms with van der Waals surface area (Å²) in [5.41, 5.74) is 0.895. The lowest BCUT2D eigenvalue weighted by Crippen LogP contribution is -2.12. The molecule has 1 aromatic rings. The Morgan fingerprint density at radius 2 is 2.06 bits per heavy atom. The Bertz CT molecular complexity index is 636. The van der Waals surface area contributed by atoms with Crippen molar-refractivity contribution in [2.75, 3.05) is 11.9 Å². The SMILES string of the molecule is CN1C(=C(C#N)C#N)Sc2ccc(C(=O)O)cc21. The molecule has 18 heavy (non-hydrogen) atoms. The molecule has 1 aliphatic rings. The highest BCUT2D eigenvalue weighted by Gasteiger charge is 2.26. The van der Waals surface area contributed by atoms with Gasteiger partial charge in [0.2, 0.25) is 0 Å². The first-order valence-electron chi connectivity index (χ1n) is 4.92. The third-order valence-corrected chi connectivity index (χ3v) is 3.75. The van der Waals surface area contributed by atoms with E-state index in [4.69, 9.17) is 15.6 Å². The van der Waals surface area contributed by atoms with Crippen LogP contribution >= 0.6 is 11.8 Å². The maximum absolute atomic E-state index is 10.9. The Balaban J connectivity index is 2.54. The summed E-state index contributed by atoms with van der Waals surface area (Å²) in [4.78, 5) is 13.4. The molecule has 6 heteroatoms. The van der Waals surface area contributed by atoms with Crippen molar-refractivity contribution in [3.8, 4) is 12.1 Å². The summed E-state index contributed by atoms with van der Waals surface area (Å²) in [5.74, 6) is -1.01. The van der Waals surface area contributed by atoms with Crippen LogP contribution in [0, 0.1) is 22.7 Å². The molecule has 0 unspecified atom stereocenters. The van der Waals surface area contributed by atoms with E-state index in [0.717, 1.165) is 4.90 Å². The number of carboxylic acid groups (broad SMARTS) is 1. The number of rotatable bonds is 1. The largest absolute Gasteiger partial charge is 0.478 e. The number of thioether (sulfide) groups is 1. The Hall–Kier alpha value is -2.44. The highest BCUT2D eigenvalue weighted by molar-refractivity contribution is 8.03. The minimum Gasteiger partial charge on any atom is -0.478 e. The lowest BCUT2D eigenvalue weighted by molar-refractivity contribution is 0.0697. The van der Waals surface area contributed by atoms with Crippen molar-refractivity contribution >= 4 is 23.4 Å². The number of benzene rings is 1. The van der Waals surface area contributed by atoms with Gasteiger partial charge >= 0.3 is 5.97 Å². The van der Waals surface area contributed by atoms with Gasteiger partial charge in [-0.2, -0.15) is 10.5 Å². The van der Waals surface area contributed by atoms with E-state index in [9.17, 15) is 4.79 Å². The van der Waals surface area contributed by atoms with Crippen LogP contribution in [0.2, 0.25) is 0 Å². The topological polar surface area (TPSA) is 88.1 Å². The standard InChI is InChI=1S/C12H7N3O2S/c1-15-9-4-7(12(16)17)2-3-10(9)18-11(15)8(5-13)6-14/h2-4H,1H3,(H,16,17). The number of fused-ring (bicyclic) bond motifs is 1. The molecule has 0 spiro atoms. The van der Waals surface area contributed by atoms with Crippen LogP contribution in [-0.4, -0.2) is 18.1 Å². The van der Waals surface area contributed by atoms with Crippen molar-refractivity contribution in [1.82, 2.24) is 0 Å². The van der Waals surface area contributed by atoms with Crippen molar-refractivity contribution in [3.05, 3.63) is 34.4 Å². The smallest absolute Gasteiger partial charge is 0.335 e. The van der Waals surface area contributed by atoms with Gasteiger partial charge in [0.05, 0.1) is 11.3 Å². The molecule has 88 valence electrons. The Kier molecular flexibility index (Phi) is 2.97. The number of nitrogens with zero attached hydrogens (tertiary/aromatic N) is 3. The summed E-state index contributed by atoms with van der Waals surface area (Å²) in [7, 11) is 1.70. The lowest BCUT2D eigenvalue weighted by atomic mass is 10.2. The Morgan fingerprint density at radius 1 is 1.39 bits per heavy atom. The van der Waals surface area contributed by atoms with Crippen LogP contribution in [0.25, 0.3) is 0 Å². The first-order chi connectivity index (χ1) is 8.58. The van der Waals surface area contributed by atoms with Crippen molar-refractivity contribution in [1.29, 1.82) is 10.5 Å². The molecule has 1 aromatic carbocycles. The molecular formula is C12H7N3O2S. The summed E-state index contributed by atoms with van der Waals surface area (Å²) in [5, 5.41) is 27.2. The zero-order chi connectivity index (χ0) is 13.3. The van der Waals surface area contributed by atoms with Gasteiger partial charge in [-0.15, -0.1) is 0 Å². The van der Waals surface area contributed by atoms with Crippen molar-refractivity contribution in [2.24, 2.45) is 0 Å². The maximum atomic E-state index is 10.9. The summed E-state index contributed by atoms with van der Waals surface area (Å²) in [6.45, 7) is 0. The van der Waals surface area contributed by atoms with Crippen LogP contribution in [0.3, 0.4) is 0 Å². The first-order valence-corrected chi connectivity index (χ1v) is 5.73. The molecule has 0 saturated carbocycles. The predicted octanol–water partition coefficient (Wildman–Crippen LogP) is 2.19. The molecule has 0 bridgehead atoms. The lowest BCUT2D eigenvalue weighted by Gasteiger charge is -2.13. The normalized spacial score (nSPS) is 12.6. The van der Waals surface area contributed by atoms with Crippen LogP contribution in [0.15, 0.2) is 33.7 Å². The Labute approximate surface area is 108 Å². The van der Waals surface area contributed by atoms with Crippen molar-refractivity contribution in [2.45, 2.75) is 4.90 Å². The van der Waals surface area contributed by atoms with E-state index in [2.05, 4.69) is 0 Å². The Morgan fingerprint density at radius 3 is 2.61 bits per heavy atom. The van der Waals surface area contributed by atoms with Crippen LogP contribution < -0.4 is 4.90 Å². The molecule has 0 aliphatic carbocycles. The maximum Gasteiger partial charge on any atom is 0.335 e. The van der Waals surface area contributed by atoms with Gasteiger partial charge in [-0.3, -0.25) is 0 Å². The second kappa shape index (κ2) is 4.44. The zero-order valence-corrected chi connectivity index (χ0v) is 10.2. The minimum absolute atomic E-state index is 0.0237. The number of carbonyl (C=O) groups is 1. The van der Waals surface area contributed by atoms with Gasteiger partial charge in [0.25, 0.3) is 0 Å². The molecule has 5 nitrogen and oxygen atoms in total. The number of allylic oxidation sites excluding steroid dienone is 1. The molecule has 0 aromatic heterocycles. The van der Waals surface area contributed by atoms with Gasteiger partial charge in [-0.1, -0.05) is 11.8 Å². The molecule has 0 amide bonds. The van der Waals surface area contributed by atoms with Crippen LogP contribution in [0.1, 0.15) is 10.4 Å². The fourth-order valence-corrected chi connectivity index (χ4v) is 2.69. The quantitative estimate of drug-likeness (QED) is 0.776. The summed E-state index contributed by atoms with van der Waals surface area (Å²) in [6.07, 6.45) is 0. The minimum atomic E-state index is -1.01. The van der Waals surface area contributed by atoms with E-state index in [0.29, 0.717) is 10.7 Å². The molecule has 1 heterocycles. The van der Waals surface area contributed by atoms with Gasteiger partial charge in [-0.05, 0) is 18.2 Å². The van der Waals surface area contributed by atoms with E-state index in [1.165, 1.54) is 23.9 Å². The van der Waals surface area contributed by atoms with E-state index in [1.807, 2.05) is 12.1 Å². The highest BCUT2D eigenvalue weighted by Crippen LogP contribution is 2.46. The van der Waals surface area contributed by atoms with Crippen LogP contribution in [0.4, 0.5) is 5.69 Å². The monoisotopic (exact) mass is 257 g/mol. The van der Waals surface area contributed by atoms with E-state index < -0.39 is 5.97 Å². The van der Waals surface area contributed by atoms with E-state index >= 15 is 0 Å². The third kappa shape index (κ3) is 1.79. The average molecular weight is 257 g/mol. The van der Waals surface area contributed by atoms with Crippen molar-refractivity contribution < 1.29 is 9.90 Å². The van der Waals surface area contributed by atoms with Crippen molar-refractivity contribution in [3.63, 3.8) is 0 Å². The van der Waals surface area contributed by atoms with Gasteiger partial charge in [0.1, 0.15) is 17.2 Å². The number of nitriles is 2. The fraction of sp³-hybridized carbons (Fsp3) is 0.0833. The van der Waals surface area contributed by atoms with Gasteiger partial charge in [0, 0.05) is 11.9 Å². The van der Waals surface area contributed by atoms with E-state index in [-0.39, 0.29) is 11.1 Å². The van der Waals surface area contributed by atoms with Gasteiger partial charge in [-0.25, -0.2) is 4.79 Å². The number of aromatic carboxylic acids is 1. The molecule has 0 saturated heterocycles. The third-order valence-electron chi connectivity index (χ3n) is 2.52. The molecule has 2 rings (SSSR count). The number of hydrogen-bond acceptors (Lipinski definition) is 5. The number of hydrogen-bond donors (Lipinski definition) is 1. The molecule has 0 atom stereocenters. The second-order valence-corrected chi connectivity index (χ2v) is 4.58. The predicted molar refractivity (Wildman–Crippen MR) is 65.9 cm³/mol. The van der Waals surface area contributed by atoms with E-state index in [1.54, 1.807) is 18.0 Å². The summed E-state index contributed by atoms with van der Waals surface area (Å²) >= 11 is 1.29. The van der Waals surface area contributed by atoms with Crippen LogP contribution in [-0.2, 0) is 0 Å². The second-order valence-electron chi connectivity index (χ2n) is 3.55. The molecular weight excluding hydrogens is 250 g/mol. The molecule has 0 fully saturated rings. The first kappa shape index (κ1) is 12.0. The molecule has 1 aliphatic heterocycles. The average Bonchev–Trinajstić information content (AvgIpc) is 2.68. The zero-order valence-electron chi connectivity index (χ0n) is 9.34. The molecule has 1 N–H and O–H groups in total.